The fourth-order valence-corrected chi connectivity index (χ4v) is 5.67. The van der Waals surface area contributed by atoms with E-state index < -0.39 is 0 Å². The number of nitrogens with zero attached hydrogens (tertiary/aromatic N) is 1. The van der Waals surface area contributed by atoms with Gasteiger partial charge in [0.2, 0.25) is 0 Å². The molecular weight excluding hydrogens is 304 g/mol. The Morgan fingerprint density at radius 2 is 2.08 bits per heavy atom. The Morgan fingerprint density at radius 1 is 1.29 bits per heavy atom. The van der Waals surface area contributed by atoms with Crippen LogP contribution in [0.3, 0.4) is 0 Å². The summed E-state index contributed by atoms with van der Waals surface area (Å²) in [7, 11) is 5.51. The number of likely N-dealkylation sites (N-methyl/N-ethyl adjacent to an activating group) is 1. The zero-order valence-electron chi connectivity index (χ0n) is 14.8. The van der Waals surface area contributed by atoms with Gasteiger partial charge in [-0.25, -0.2) is 4.59 Å². The van der Waals surface area contributed by atoms with Crippen molar-refractivity contribution in [2.75, 3.05) is 27.8 Å². The van der Waals surface area contributed by atoms with E-state index >= 15 is 0 Å². The molecule has 2 N–H and O–H groups in total. The summed E-state index contributed by atoms with van der Waals surface area (Å²) in [4.78, 5) is 12.4. The predicted octanol–water partition coefficient (Wildman–Crippen LogP) is 1.96. The van der Waals surface area contributed by atoms with Gasteiger partial charge in [0.25, 0.3) is 0 Å². The lowest BCUT2D eigenvalue weighted by Crippen LogP contribution is -2.71. The minimum Gasteiger partial charge on any atom is -0.493 e. The lowest BCUT2D eigenvalue weighted by molar-refractivity contribution is -0.956. The number of piperidine rings is 1. The Bertz CT molecular complexity index is 700. The molecule has 1 saturated heterocycles. The number of quaternary nitrogens is 1. The lowest BCUT2D eigenvalue weighted by atomic mass is 9.51. The number of hydrogen-bond acceptors (Lipinski definition) is 4. The summed E-state index contributed by atoms with van der Waals surface area (Å²) in [6, 6.07) is 4.50. The molecule has 0 radical (unpaired) electrons. The van der Waals surface area contributed by atoms with Crippen LogP contribution in [0.25, 0.3) is 0 Å². The zero-order valence-corrected chi connectivity index (χ0v) is 14.8. The zero-order chi connectivity index (χ0) is 17.1. The van der Waals surface area contributed by atoms with Crippen LogP contribution in [-0.4, -0.2) is 44.2 Å². The highest BCUT2D eigenvalue weighted by Gasteiger charge is 2.61. The van der Waals surface area contributed by atoms with Crippen molar-refractivity contribution in [1.29, 1.82) is 0 Å². The molecule has 1 saturated carbocycles. The summed E-state index contributed by atoms with van der Waals surface area (Å²) in [5.74, 6) is 9.04. The third-order valence-electron chi connectivity index (χ3n) is 6.78. The molecular formula is C19H27N2O3+. The van der Waals surface area contributed by atoms with Crippen molar-refractivity contribution in [3.05, 3.63) is 23.3 Å². The predicted molar refractivity (Wildman–Crippen MR) is 90.9 cm³/mol. The number of ether oxygens (including phenoxy) is 2. The first-order valence-corrected chi connectivity index (χ1v) is 8.83. The van der Waals surface area contributed by atoms with Crippen molar-refractivity contribution in [1.82, 2.24) is 0 Å². The Balaban J connectivity index is 1.97. The van der Waals surface area contributed by atoms with Crippen LogP contribution in [-0.2, 0) is 16.6 Å². The molecule has 2 aliphatic carbocycles. The van der Waals surface area contributed by atoms with Gasteiger partial charge in [-0.2, -0.15) is 5.84 Å². The Morgan fingerprint density at radius 3 is 2.79 bits per heavy atom. The van der Waals surface area contributed by atoms with Crippen molar-refractivity contribution in [2.24, 2.45) is 11.8 Å². The topological polar surface area (TPSA) is 61.6 Å². The molecule has 5 heteroatoms. The first-order chi connectivity index (χ1) is 11.4. The molecule has 1 aliphatic heterocycles. The summed E-state index contributed by atoms with van der Waals surface area (Å²) in [6.45, 7) is 0.897. The van der Waals surface area contributed by atoms with Crippen LogP contribution in [0.15, 0.2) is 12.1 Å². The highest BCUT2D eigenvalue weighted by molar-refractivity contribution is 5.82. The molecule has 1 aromatic carbocycles. The van der Waals surface area contributed by atoms with Crippen LogP contribution in [0.4, 0.5) is 0 Å². The number of hydrogen-bond donors (Lipinski definition) is 1. The summed E-state index contributed by atoms with van der Waals surface area (Å²) in [5, 5.41) is 0. The summed E-state index contributed by atoms with van der Waals surface area (Å²) in [5.41, 5.74) is 2.36. The second-order valence-electron chi connectivity index (χ2n) is 7.94. The van der Waals surface area contributed by atoms with Crippen LogP contribution in [0.2, 0.25) is 0 Å². The first-order valence-electron chi connectivity index (χ1n) is 8.83. The monoisotopic (exact) mass is 331 g/mol. The fraction of sp³-hybridized carbons (Fsp3) is 0.632. The standard InChI is InChI=1S/C19H27N2O3/c1-21(20)9-8-19-11-13(22)5-6-14(19)15(21)10-12-4-7-16(23-2)18(24-3)17(12)19/h4,7,14-15H,5-6,8-11,20H2,1-3H3/q+1/t14-,15-,19+,21?/m0/s1. The highest BCUT2D eigenvalue weighted by Crippen LogP contribution is 2.59. The molecule has 0 spiro atoms. The second-order valence-corrected chi connectivity index (χ2v) is 7.94. The number of benzene rings is 1. The van der Waals surface area contributed by atoms with Gasteiger partial charge < -0.3 is 9.47 Å². The third kappa shape index (κ3) is 1.97. The van der Waals surface area contributed by atoms with E-state index in [0.717, 1.165) is 37.3 Å². The quantitative estimate of drug-likeness (QED) is 0.665. The number of rotatable bonds is 2. The van der Waals surface area contributed by atoms with E-state index in [0.29, 0.717) is 35.2 Å². The van der Waals surface area contributed by atoms with E-state index in [1.807, 2.05) is 6.07 Å². The van der Waals surface area contributed by atoms with Crippen LogP contribution in [0.1, 0.15) is 36.8 Å². The van der Waals surface area contributed by atoms with E-state index in [-0.39, 0.29) is 5.41 Å². The van der Waals surface area contributed by atoms with E-state index in [1.54, 1.807) is 14.2 Å². The number of carbonyl (C=O) groups is 1. The maximum Gasteiger partial charge on any atom is 0.164 e. The highest BCUT2D eigenvalue weighted by atomic mass is 16.5. The molecule has 3 aliphatic rings. The number of carbonyl (C=O) groups excluding carboxylic acids is 1. The van der Waals surface area contributed by atoms with Gasteiger partial charge in [-0.3, -0.25) is 4.79 Å². The van der Waals surface area contributed by atoms with Crippen molar-refractivity contribution >= 4 is 5.78 Å². The Hall–Kier alpha value is -1.59. The van der Waals surface area contributed by atoms with Crippen LogP contribution < -0.4 is 15.3 Å². The van der Waals surface area contributed by atoms with Gasteiger partial charge >= 0.3 is 0 Å². The molecule has 4 atom stereocenters. The van der Waals surface area contributed by atoms with E-state index in [1.165, 1.54) is 11.1 Å². The average Bonchev–Trinajstić information content (AvgIpc) is 2.57. The smallest absolute Gasteiger partial charge is 0.164 e. The maximum atomic E-state index is 12.4. The molecule has 0 aromatic heterocycles. The normalized spacial score (nSPS) is 37.4. The first kappa shape index (κ1) is 15.9. The van der Waals surface area contributed by atoms with Gasteiger partial charge in [0.1, 0.15) is 11.8 Å². The maximum absolute atomic E-state index is 12.4. The minimum absolute atomic E-state index is 0.134. The van der Waals surface area contributed by atoms with Crippen LogP contribution in [0, 0.1) is 5.92 Å². The van der Waals surface area contributed by atoms with Crippen LogP contribution >= 0.6 is 0 Å². The molecule has 0 amide bonds. The van der Waals surface area contributed by atoms with Crippen LogP contribution in [0.5, 0.6) is 11.5 Å². The van der Waals surface area contributed by atoms with E-state index in [4.69, 9.17) is 15.3 Å². The van der Waals surface area contributed by atoms with Gasteiger partial charge in [-0.1, -0.05) is 6.07 Å². The van der Waals surface area contributed by atoms with Gasteiger partial charge in [0.15, 0.2) is 11.5 Å². The van der Waals surface area contributed by atoms with E-state index in [2.05, 4.69) is 13.1 Å². The van der Waals surface area contributed by atoms with Gasteiger partial charge in [0, 0.05) is 42.6 Å². The second kappa shape index (κ2) is 5.20. The average molecular weight is 331 g/mol. The number of methoxy groups -OCH3 is 2. The Kier molecular flexibility index (Phi) is 3.45. The number of Topliss-reactive ketones (excluding diaryl/α,β-unsaturated/α-hetero) is 1. The van der Waals surface area contributed by atoms with Crippen molar-refractivity contribution in [3.63, 3.8) is 0 Å². The van der Waals surface area contributed by atoms with Crippen molar-refractivity contribution < 1.29 is 18.9 Å². The number of fused-ring (bicyclic) bond motifs is 1. The van der Waals surface area contributed by atoms with Gasteiger partial charge in [-0.05, 0) is 18.1 Å². The largest absolute Gasteiger partial charge is 0.493 e. The Labute approximate surface area is 143 Å². The van der Waals surface area contributed by atoms with Gasteiger partial charge in [0.05, 0.1) is 27.8 Å². The summed E-state index contributed by atoms with van der Waals surface area (Å²) < 4.78 is 11.9. The molecule has 24 heavy (non-hydrogen) atoms. The molecule has 2 fully saturated rings. The minimum atomic E-state index is -0.134. The molecule has 130 valence electrons. The van der Waals surface area contributed by atoms with Gasteiger partial charge in [-0.15, -0.1) is 0 Å². The molecule has 1 unspecified atom stereocenters. The summed E-state index contributed by atoms with van der Waals surface area (Å²) >= 11 is 0. The summed E-state index contributed by atoms with van der Waals surface area (Å²) in [6.07, 6.45) is 4.12. The number of nitrogens with two attached hydrogens (primary N) is 1. The SMILES string of the molecule is COc1ccc2c(c1OC)[C@@]13CC[N+](C)(N)[C@@H](C2)[C@@H]1CCC(=O)C3. The molecule has 5 nitrogen and oxygen atoms in total. The molecule has 1 aromatic rings. The number of likely N-dealkylation sites (tertiary alicyclic amines) is 1. The lowest BCUT2D eigenvalue weighted by Gasteiger charge is -2.59. The molecule has 1 heterocycles. The van der Waals surface area contributed by atoms with Crippen molar-refractivity contribution in [3.8, 4) is 11.5 Å². The van der Waals surface area contributed by atoms with Crippen molar-refractivity contribution in [2.45, 2.75) is 43.6 Å². The fourth-order valence-electron chi connectivity index (χ4n) is 5.67. The number of ketones is 1. The molecule has 4 rings (SSSR count). The molecule has 2 bridgehead atoms. The third-order valence-corrected chi connectivity index (χ3v) is 6.78. The van der Waals surface area contributed by atoms with E-state index in [9.17, 15) is 4.79 Å².